The largest absolute Gasteiger partial charge is 0.494 e. The third-order valence-corrected chi connectivity index (χ3v) is 6.72. The molecule has 0 spiro atoms. The van der Waals surface area contributed by atoms with Crippen molar-refractivity contribution in [3.8, 4) is 17.2 Å². The number of hydrogen-bond donors (Lipinski definition) is 0. The van der Waals surface area contributed by atoms with Crippen molar-refractivity contribution in [2.45, 2.75) is 26.3 Å². The van der Waals surface area contributed by atoms with E-state index >= 15 is 0 Å². The third-order valence-electron chi connectivity index (χ3n) is 6.72. The van der Waals surface area contributed by atoms with Gasteiger partial charge in [0, 0.05) is 6.54 Å². The lowest BCUT2D eigenvalue weighted by atomic mass is 9.98. The SMILES string of the molecule is CCOc1ccc(C2c3c(oc4ccc(C)cc4c3=O)C(=O)N2CCc2ccc(OC)c(OC)c2)cc1. The van der Waals surface area contributed by atoms with Crippen LogP contribution in [0, 0.1) is 6.92 Å². The summed E-state index contributed by atoms with van der Waals surface area (Å²) in [6, 6.07) is 18.1. The van der Waals surface area contributed by atoms with Crippen LogP contribution in [0.1, 0.15) is 45.8 Å². The van der Waals surface area contributed by atoms with E-state index in [1.54, 1.807) is 25.2 Å². The quantitative estimate of drug-likeness (QED) is 0.327. The van der Waals surface area contributed by atoms with Gasteiger partial charge in [-0.15, -0.1) is 0 Å². The van der Waals surface area contributed by atoms with Crippen LogP contribution < -0.4 is 19.6 Å². The van der Waals surface area contributed by atoms with Gasteiger partial charge in [-0.3, -0.25) is 9.59 Å². The average molecular weight is 500 g/mol. The van der Waals surface area contributed by atoms with E-state index in [1.807, 2.05) is 68.4 Å². The topological polar surface area (TPSA) is 78.2 Å². The van der Waals surface area contributed by atoms with Crippen LogP contribution in [-0.4, -0.2) is 38.2 Å². The fourth-order valence-corrected chi connectivity index (χ4v) is 4.91. The number of methoxy groups -OCH3 is 2. The lowest BCUT2D eigenvalue weighted by Gasteiger charge is -2.25. The number of hydrogen-bond acceptors (Lipinski definition) is 6. The maximum Gasteiger partial charge on any atom is 0.290 e. The van der Waals surface area contributed by atoms with Gasteiger partial charge in [-0.25, -0.2) is 0 Å². The van der Waals surface area contributed by atoms with E-state index in [0.29, 0.717) is 47.6 Å². The van der Waals surface area contributed by atoms with Gasteiger partial charge in [0.05, 0.1) is 37.8 Å². The number of ether oxygens (including phenoxy) is 3. The Morgan fingerprint density at radius 3 is 2.38 bits per heavy atom. The Morgan fingerprint density at radius 1 is 0.919 bits per heavy atom. The van der Waals surface area contributed by atoms with E-state index in [9.17, 15) is 9.59 Å². The molecule has 190 valence electrons. The van der Waals surface area contributed by atoms with E-state index in [4.69, 9.17) is 18.6 Å². The number of fused-ring (bicyclic) bond motifs is 2. The van der Waals surface area contributed by atoms with E-state index in [2.05, 4.69) is 0 Å². The summed E-state index contributed by atoms with van der Waals surface area (Å²) in [7, 11) is 3.18. The molecule has 1 aliphatic rings. The van der Waals surface area contributed by atoms with Crippen LogP contribution in [0.5, 0.6) is 17.2 Å². The number of amides is 1. The van der Waals surface area contributed by atoms with Crippen LogP contribution >= 0.6 is 0 Å². The Bertz CT molecular complexity index is 1520. The van der Waals surface area contributed by atoms with Gasteiger partial charge in [0.25, 0.3) is 5.91 Å². The van der Waals surface area contributed by atoms with Gasteiger partial charge < -0.3 is 23.5 Å². The van der Waals surface area contributed by atoms with Gasteiger partial charge in [-0.1, -0.05) is 29.8 Å². The molecule has 0 radical (unpaired) electrons. The highest BCUT2D eigenvalue weighted by Gasteiger charge is 2.42. The predicted molar refractivity (Wildman–Crippen MR) is 141 cm³/mol. The summed E-state index contributed by atoms with van der Waals surface area (Å²) >= 11 is 0. The molecule has 0 bridgehead atoms. The summed E-state index contributed by atoms with van der Waals surface area (Å²) < 4.78 is 22.4. The van der Waals surface area contributed by atoms with E-state index < -0.39 is 6.04 Å². The molecule has 0 saturated carbocycles. The molecule has 1 atom stereocenters. The fraction of sp³-hybridized carbons (Fsp3) is 0.267. The van der Waals surface area contributed by atoms with Crippen molar-refractivity contribution in [2.24, 2.45) is 0 Å². The molecule has 0 aliphatic carbocycles. The molecule has 2 heterocycles. The molecule has 0 fully saturated rings. The first-order valence-electron chi connectivity index (χ1n) is 12.3. The molecule has 4 aromatic rings. The van der Waals surface area contributed by atoms with Crippen molar-refractivity contribution in [2.75, 3.05) is 27.4 Å². The van der Waals surface area contributed by atoms with Gasteiger partial charge in [0.2, 0.25) is 5.76 Å². The Kier molecular flexibility index (Phi) is 6.61. The first kappa shape index (κ1) is 24.4. The Labute approximate surface area is 215 Å². The second kappa shape index (κ2) is 10.0. The second-order valence-corrected chi connectivity index (χ2v) is 9.02. The summed E-state index contributed by atoms with van der Waals surface area (Å²) in [5.41, 5.74) is 3.36. The highest BCUT2D eigenvalue weighted by Crippen LogP contribution is 2.39. The zero-order valence-electron chi connectivity index (χ0n) is 21.4. The molecular weight excluding hydrogens is 470 g/mol. The Balaban J connectivity index is 1.57. The molecule has 1 unspecified atom stereocenters. The van der Waals surface area contributed by atoms with Gasteiger partial charge in [-0.2, -0.15) is 0 Å². The number of carbonyl (C=O) groups excluding carboxylic acids is 1. The molecule has 0 saturated heterocycles. The van der Waals surface area contributed by atoms with Gasteiger partial charge >= 0.3 is 0 Å². The number of aryl methyl sites for hydroxylation is 1. The van der Waals surface area contributed by atoms with Crippen molar-refractivity contribution >= 4 is 16.9 Å². The lowest BCUT2D eigenvalue weighted by molar-refractivity contribution is 0.0730. The zero-order chi connectivity index (χ0) is 26.1. The van der Waals surface area contributed by atoms with Crippen molar-refractivity contribution in [1.82, 2.24) is 4.90 Å². The van der Waals surface area contributed by atoms with Crippen LogP contribution in [-0.2, 0) is 6.42 Å². The van der Waals surface area contributed by atoms with E-state index in [-0.39, 0.29) is 17.1 Å². The number of nitrogens with zero attached hydrogens (tertiary/aromatic N) is 1. The van der Waals surface area contributed by atoms with Crippen molar-refractivity contribution in [1.29, 1.82) is 0 Å². The van der Waals surface area contributed by atoms with E-state index in [0.717, 1.165) is 22.4 Å². The zero-order valence-corrected chi connectivity index (χ0v) is 21.4. The van der Waals surface area contributed by atoms with Gasteiger partial charge in [0.15, 0.2) is 16.9 Å². The maximum absolute atomic E-state index is 13.8. The highest BCUT2D eigenvalue weighted by atomic mass is 16.5. The maximum atomic E-state index is 13.8. The summed E-state index contributed by atoms with van der Waals surface area (Å²) in [5.74, 6) is 1.80. The Morgan fingerprint density at radius 2 is 1.68 bits per heavy atom. The molecule has 1 aliphatic heterocycles. The first-order valence-corrected chi connectivity index (χ1v) is 12.3. The molecule has 3 aromatic carbocycles. The van der Waals surface area contributed by atoms with Crippen molar-refractivity contribution in [3.63, 3.8) is 0 Å². The molecule has 1 amide bonds. The second-order valence-electron chi connectivity index (χ2n) is 9.02. The average Bonchev–Trinajstić information content (AvgIpc) is 3.19. The Hall–Kier alpha value is -4.26. The molecule has 7 nitrogen and oxygen atoms in total. The number of carbonyl (C=O) groups is 1. The summed E-state index contributed by atoms with van der Waals surface area (Å²) in [5, 5.41) is 0.476. The smallest absolute Gasteiger partial charge is 0.290 e. The first-order chi connectivity index (χ1) is 17.9. The minimum atomic E-state index is -0.570. The lowest BCUT2D eigenvalue weighted by Crippen LogP contribution is -2.31. The van der Waals surface area contributed by atoms with Crippen molar-refractivity contribution < 1.29 is 23.4 Å². The third kappa shape index (κ3) is 4.42. The molecule has 1 aromatic heterocycles. The van der Waals surface area contributed by atoms with Crippen LogP contribution in [0.2, 0.25) is 0 Å². The molecular formula is C30H29NO6. The predicted octanol–water partition coefficient (Wildman–Crippen LogP) is 5.31. The standard InChI is InChI=1S/C30H29NO6/c1-5-36-21-10-8-20(9-11-21)27-26-28(32)22-16-18(2)6-12-23(22)37-29(26)30(33)31(27)15-14-19-7-13-24(34-3)25(17-19)35-4/h6-13,16-17,27H,5,14-15H2,1-4H3. The summed E-state index contributed by atoms with van der Waals surface area (Å²) in [6.07, 6.45) is 0.556. The van der Waals surface area contributed by atoms with Crippen LogP contribution in [0.25, 0.3) is 11.0 Å². The molecule has 7 heteroatoms. The fourth-order valence-electron chi connectivity index (χ4n) is 4.91. The van der Waals surface area contributed by atoms with Crippen molar-refractivity contribution in [3.05, 3.63) is 98.9 Å². The minimum absolute atomic E-state index is 0.104. The van der Waals surface area contributed by atoms with Crippen LogP contribution in [0.4, 0.5) is 0 Å². The summed E-state index contributed by atoms with van der Waals surface area (Å²) in [6.45, 7) is 4.78. The van der Waals surface area contributed by atoms with Crippen LogP contribution in [0.15, 0.2) is 69.9 Å². The molecule has 5 rings (SSSR count). The monoisotopic (exact) mass is 499 g/mol. The van der Waals surface area contributed by atoms with E-state index in [1.165, 1.54) is 0 Å². The number of benzene rings is 3. The van der Waals surface area contributed by atoms with Gasteiger partial charge in [-0.05, 0) is 67.8 Å². The number of rotatable bonds is 8. The molecule has 37 heavy (non-hydrogen) atoms. The van der Waals surface area contributed by atoms with Crippen LogP contribution in [0.3, 0.4) is 0 Å². The highest BCUT2D eigenvalue weighted by molar-refractivity contribution is 5.99. The summed E-state index contributed by atoms with van der Waals surface area (Å²) in [4.78, 5) is 29.1. The normalized spacial score (nSPS) is 14.6. The minimum Gasteiger partial charge on any atom is -0.494 e. The van der Waals surface area contributed by atoms with Gasteiger partial charge in [0.1, 0.15) is 11.3 Å². The molecule has 0 N–H and O–H groups in total.